The third-order valence-electron chi connectivity index (χ3n) is 6.82. The van der Waals surface area contributed by atoms with E-state index in [0.29, 0.717) is 0 Å². The molecule has 0 amide bonds. The minimum Gasteiger partial charge on any atom is -0.500 e. The van der Waals surface area contributed by atoms with Crippen LogP contribution < -0.4 is 0 Å². The van der Waals surface area contributed by atoms with Crippen molar-refractivity contribution >= 4 is 21.9 Å². The summed E-state index contributed by atoms with van der Waals surface area (Å²) in [5.74, 6) is 0. The van der Waals surface area contributed by atoms with E-state index >= 15 is 0 Å². The van der Waals surface area contributed by atoms with E-state index in [-0.39, 0.29) is 20.1 Å². The molecule has 7 aromatic rings. The normalized spacial score (nSPS) is 10.6. The molecule has 0 aliphatic heterocycles. The van der Waals surface area contributed by atoms with Crippen LogP contribution in [-0.4, -0.2) is 9.97 Å². The van der Waals surface area contributed by atoms with Gasteiger partial charge in [0.2, 0.25) is 0 Å². The van der Waals surface area contributed by atoms with Crippen LogP contribution in [0.15, 0.2) is 126 Å². The quantitative estimate of drug-likeness (QED) is 0.171. The Morgan fingerprint density at radius 3 is 2.17 bits per heavy atom. The first kappa shape index (κ1) is 28.2. The Hall–Kier alpha value is -4.37. The van der Waals surface area contributed by atoms with E-state index < -0.39 is 0 Å². The van der Waals surface area contributed by atoms with E-state index in [1.165, 1.54) is 22.3 Å². The van der Waals surface area contributed by atoms with Crippen LogP contribution in [0.4, 0.5) is 0 Å². The smallest absolute Gasteiger partial charge is 0.120 e. The van der Waals surface area contributed by atoms with Gasteiger partial charge in [-0.25, -0.2) is 0 Å². The zero-order valence-corrected chi connectivity index (χ0v) is 25.3. The number of aryl methyl sites for hydroxylation is 2. The fraction of sp³-hybridized carbons (Fsp3) is 0.0811. The third kappa shape index (κ3) is 6.69. The van der Waals surface area contributed by atoms with Crippen molar-refractivity contribution in [2.24, 2.45) is 0 Å². The van der Waals surface area contributed by atoms with Gasteiger partial charge in [0, 0.05) is 37.9 Å². The maximum Gasteiger partial charge on any atom is 0.120 e. The molecular formula is C37H28IrN2O-2. The number of nitrogens with zero attached hydrogens (tertiary/aromatic N) is 2. The molecule has 3 heterocycles. The summed E-state index contributed by atoms with van der Waals surface area (Å²) in [6.07, 6.45) is 4.65. The summed E-state index contributed by atoms with van der Waals surface area (Å²) in [6, 6.07) is 43.6. The molecule has 0 spiro atoms. The molecule has 0 aliphatic rings. The standard InChI is InChI=1S/C24H16NO.C13H12N.Ir/c1-2-6-17(7-3-1)14-18-12-13-25-22(15-18)19-10-11-24-21(16-19)20-8-4-5-9-23(20)26-24;1-10-3-6-12(7-4-10)13-8-5-11(2)9-14-13;/h1-9,11-13,15-16H,14H2;3-6,8-9H,1-2H3;/q2*-1;. The van der Waals surface area contributed by atoms with Crippen LogP contribution in [0, 0.1) is 26.0 Å². The molecule has 4 aromatic carbocycles. The second-order valence-corrected chi connectivity index (χ2v) is 9.94. The molecule has 0 saturated carbocycles. The van der Waals surface area contributed by atoms with Crippen molar-refractivity contribution in [3.63, 3.8) is 0 Å². The fourth-order valence-corrected chi connectivity index (χ4v) is 4.67. The number of aromatic nitrogens is 2. The average Bonchev–Trinajstić information content (AvgIpc) is 3.37. The number of para-hydroxylation sites is 1. The van der Waals surface area contributed by atoms with Gasteiger partial charge in [0.25, 0.3) is 0 Å². The van der Waals surface area contributed by atoms with Crippen LogP contribution in [0.1, 0.15) is 22.3 Å². The van der Waals surface area contributed by atoms with E-state index in [2.05, 4.69) is 89.7 Å². The van der Waals surface area contributed by atoms with Crippen LogP contribution in [0.2, 0.25) is 0 Å². The number of hydrogen-bond donors (Lipinski definition) is 0. The topological polar surface area (TPSA) is 38.9 Å². The van der Waals surface area contributed by atoms with Crippen LogP contribution >= 0.6 is 0 Å². The first-order chi connectivity index (χ1) is 19.6. The van der Waals surface area contributed by atoms with Gasteiger partial charge in [-0.3, -0.25) is 0 Å². The van der Waals surface area contributed by atoms with Gasteiger partial charge < -0.3 is 14.4 Å². The monoisotopic (exact) mass is 709 g/mol. The first-order valence-corrected chi connectivity index (χ1v) is 13.4. The summed E-state index contributed by atoms with van der Waals surface area (Å²) >= 11 is 0. The first-order valence-electron chi connectivity index (χ1n) is 13.4. The largest absolute Gasteiger partial charge is 0.500 e. The average molecular weight is 709 g/mol. The molecule has 0 saturated heterocycles. The predicted molar refractivity (Wildman–Crippen MR) is 163 cm³/mol. The molecular weight excluding hydrogens is 681 g/mol. The Labute approximate surface area is 254 Å². The minimum atomic E-state index is 0. The molecule has 0 bridgehead atoms. The summed E-state index contributed by atoms with van der Waals surface area (Å²) in [5.41, 5.74) is 10.7. The number of rotatable bonds is 4. The Kier molecular flexibility index (Phi) is 8.84. The van der Waals surface area contributed by atoms with E-state index in [4.69, 9.17) is 4.42 Å². The molecule has 0 unspecified atom stereocenters. The maximum absolute atomic E-state index is 5.89. The van der Waals surface area contributed by atoms with Crippen molar-refractivity contribution in [3.05, 3.63) is 156 Å². The molecule has 41 heavy (non-hydrogen) atoms. The van der Waals surface area contributed by atoms with Gasteiger partial charge in [0.05, 0.1) is 5.58 Å². The number of furan rings is 1. The predicted octanol–water partition coefficient (Wildman–Crippen LogP) is 9.20. The van der Waals surface area contributed by atoms with Crippen molar-refractivity contribution in [3.8, 4) is 22.5 Å². The van der Waals surface area contributed by atoms with Crippen LogP contribution in [0.5, 0.6) is 0 Å². The molecule has 3 aromatic heterocycles. The SMILES string of the molecule is Cc1c[c-]c(-c2ccc(C)cn2)cc1.[Ir].[c-]1cc2oc3ccccc3c2cc1-c1cc(Cc2ccccc2)ccn1. The number of hydrogen-bond acceptors (Lipinski definition) is 3. The van der Waals surface area contributed by atoms with Crippen molar-refractivity contribution in [2.75, 3.05) is 0 Å². The molecule has 0 fully saturated rings. The maximum atomic E-state index is 5.89. The van der Waals surface area contributed by atoms with Gasteiger partial charge in [-0.2, -0.15) is 0 Å². The number of fused-ring (bicyclic) bond motifs is 3. The molecule has 0 aliphatic carbocycles. The summed E-state index contributed by atoms with van der Waals surface area (Å²) in [5, 5.41) is 2.22. The Bertz CT molecular complexity index is 1830. The van der Waals surface area contributed by atoms with Gasteiger partial charge in [0.1, 0.15) is 5.58 Å². The van der Waals surface area contributed by atoms with Gasteiger partial charge in [-0.15, -0.1) is 59.2 Å². The Balaban J connectivity index is 0.000000192. The molecule has 203 valence electrons. The fourth-order valence-electron chi connectivity index (χ4n) is 4.67. The summed E-state index contributed by atoms with van der Waals surface area (Å²) in [4.78, 5) is 8.91. The molecule has 0 atom stereocenters. The van der Waals surface area contributed by atoms with Crippen molar-refractivity contribution < 1.29 is 24.5 Å². The van der Waals surface area contributed by atoms with Gasteiger partial charge >= 0.3 is 0 Å². The summed E-state index contributed by atoms with van der Waals surface area (Å²) < 4.78 is 5.89. The van der Waals surface area contributed by atoms with E-state index in [1.54, 1.807) is 0 Å². The van der Waals surface area contributed by atoms with E-state index in [1.807, 2.05) is 67.8 Å². The molecule has 1 radical (unpaired) electrons. The van der Waals surface area contributed by atoms with E-state index in [0.717, 1.165) is 50.9 Å². The van der Waals surface area contributed by atoms with Crippen molar-refractivity contribution in [2.45, 2.75) is 20.3 Å². The number of pyridine rings is 2. The second kappa shape index (κ2) is 12.9. The van der Waals surface area contributed by atoms with Crippen LogP contribution in [-0.2, 0) is 26.5 Å². The number of benzene rings is 4. The second-order valence-electron chi connectivity index (χ2n) is 9.94. The van der Waals surface area contributed by atoms with Crippen LogP contribution in [0.25, 0.3) is 44.5 Å². The zero-order chi connectivity index (χ0) is 27.3. The zero-order valence-electron chi connectivity index (χ0n) is 22.9. The molecule has 7 rings (SSSR count). The molecule has 4 heteroatoms. The van der Waals surface area contributed by atoms with E-state index in [9.17, 15) is 0 Å². The minimum absolute atomic E-state index is 0. The molecule has 0 N–H and O–H groups in total. The Morgan fingerprint density at radius 1 is 0.610 bits per heavy atom. The Morgan fingerprint density at radius 2 is 1.39 bits per heavy atom. The summed E-state index contributed by atoms with van der Waals surface area (Å²) in [6.45, 7) is 4.10. The van der Waals surface area contributed by atoms with Crippen molar-refractivity contribution in [1.29, 1.82) is 0 Å². The van der Waals surface area contributed by atoms with Gasteiger partial charge in [-0.1, -0.05) is 79.0 Å². The van der Waals surface area contributed by atoms with Gasteiger partial charge in [0.15, 0.2) is 0 Å². The summed E-state index contributed by atoms with van der Waals surface area (Å²) in [7, 11) is 0. The van der Waals surface area contributed by atoms with Crippen LogP contribution in [0.3, 0.4) is 0 Å². The third-order valence-corrected chi connectivity index (χ3v) is 6.82. The van der Waals surface area contributed by atoms with Gasteiger partial charge in [-0.05, 0) is 53.6 Å². The molecule has 3 nitrogen and oxygen atoms in total. The van der Waals surface area contributed by atoms with Crippen molar-refractivity contribution in [1.82, 2.24) is 9.97 Å².